The van der Waals surface area contributed by atoms with E-state index < -0.39 is 6.10 Å². The van der Waals surface area contributed by atoms with Gasteiger partial charge in [-0.05, 0) is 30.2 Å². The van der Waals surface area contributed by atoms with E-state index in [1.807, 2.05) is 13.9 Å². The van der Waals surface area contributed by atoms with Gasteiger partial charge < -0.3 is 10.4 Å². The van der Waals surface area contributed by atoms with Crippen molar-refractivity contribution in [1.29, 1.82) is 0 Å². The van der Waals surface area contributed by atoms with Gasteiger partial charge in [-0.3, -0.25) is 14.2 Å². The molecule has 8 heteroatoms. The lowest BCUT2D eigenvalue weighted by atomic mass is 9.97. The number of aliphatic hydroxyl groups excluding tert-OH is 1. The van der Waals surface area contributed by atoms with Crippen molar-refractivity contribution in [2.24, 2.45) is 0 Å². The van der Waals surface area contributed by atoms with E-state index in [4.69, 9.17) is 0 Å². The maximum atomic E-state index is 12.3. The van der Waals surface area contributed by atoms with Crippen molar-refractivity contribution in [2.45, 2.75) is 38.0 Å². The summed E-state index contributed by atoms with van der Waals surface area (Å²) in [6.07, 6.45) is 2.81. The summed E-state index contributed by atoms with van der Waals surface area (Å²) >= 11 is 1.47. The number of piperidine rings is 1. The number of ketones is 1. The number of fused-ring (bicyclic) bond motifs is 1. The Labute approximate surface area is 132 Å². The van der Waals surface area contributed by atoms with Gasteiger partial charge in [0, 0.05) is 12.5 Å². The molecule has 1 aliphatic heterocycles. The number of hydrogen-bond donors (Lipinski definition) is 2. The van der Waals surface area contributed by atoms with E-state index in [9.17, 15) is 14.7 Å². The Balaban J connectivity index is 1.73. The van der Waals surface area contributed by atoms with Crippen molar-refractivity contribution < 1.29 is 9.90 Å². The normalized spacial score (nSPS) is 22.0. The van der Waals surface area contributed by atoms with Crippen LogP contribution in [0.4, 0.5) is 0 Å². The summed E-state index contributed by atoms with van der Waals surface area (Å²) < 4.78 is 2.38. The quantitative estimate of drug-likeness (QED) is 0.691. The molecule has 0 amide bonds. The number of nitrogens with zero attached hydrogens (tertiary/aromatic N) is 2. The third-order valence-electron chi connectivity index (χ3n) is 3.98. The fourth-order valence-corrected chi connectivity index (χ4v) is 3.67. The summed E-state index contributed by atoms with van der Waals surface area (Å²) in [5, 5.41) is 13.6. The summed E-state index contributed by atoms with van der Waals surface area (Å²) in [6, 6.07) is 1.60. The highest BCUT2D eigenvalue weighted by molar-refractivity contribution is 7.25. The van der Waals surface area contributed by atoms with Crippen LogP contribution >= 0.6 is 11.3 Å². The third kappa shape index (κ3) is 3.13. The third-order valence-corrected chi connectivity index (χ3v) is 4.94. The molecule has 3 rings (SSSR count). The molecule has 1 saturated heterocycles. The van der Waals surface area contributed by atoms with Crippen LogP contribution in [0, 0.1) is 0 Å². The number of hydrogen-bond acceptors (Lipinski definition) is 6. The number of thiophene rings is 1. The zero-order chi connectivity index (χ0) is 15.7. The Morgan fingerprint density at radius 2 is 2.41 bits per heavy atom. The SMILES string of the molecule is Bc1cc2c(=O)n(CC(=O)CC3NCCCC3O)cnc2s1. The number of aromatic nitrogens is 2. The number of carbonyl (C=O) groups excluding carboxylic acids is 1. The molecule has 1 aliphatic rings. The van der Waals surface area contributed by atoms with Gasteiger partial charge >= 0.3 is 0 Å². The first-order valence-electron chi connectivity index (χ1n) is 7.43. The predicted octanol–water partition coefficient (Wildman–Crippen LogP) is -1.21. The van der Waals surface area contributed by atoms with Crippen LogP contribution in [-0.4, -0.2) is 47.0 Å². The molecule has 0 bridgehead atoms. The first kappa shape index (κ1) is 15.4. The fraction of sp³-hybridized carbons (Fsp3) is 0.500. The Bertz CT molecular complexity index is 757. The van der Waals surface area contributed by atoms with Crippen molar-refractivity contribution in [3.8, 4) is 0 Å². The zero-order valence-electron chi connectivity index (χ0n) is 12.4. The van der Waals surface area contributed by atoms with Gasteiger partial charge in [-0.25, -0.2) is 4.98 Å². The van der Waals surface area contributed by atoms with Gasteiger partial charge in [0.2, 0.25) is 0 Å². The number of rotatable bonds is 4. The lowest BCUT2D eigenvalue weighted by molar-refractivity contribution is -0.121. The molecule has 0 saturated carbocycles. The molecule has 116 valence electrons. The summed E-state index contributed by atoms with van der Waals surface area (Å²) in [6.45, 7) is 0.818. The Hall–Kier alpha value is -1.51. The van der Waals surface area contributed by atoms with Crippen LogP contribution in [0.2, 0.25) is 0 Å². The Morgan fingerprint density at radius 1 is 1.59 bits per heavy atom. The van der Waals surface area contributed by atoms with E-state index in [0.29, 0.717) is 16.6 Å². The standard InChI is InChI=1S/C14H18BN3O3S/c15-12-5-9-13(22-12)17-7-18(14(9)21)6-8(19)4-10-11(20)2-1-3-16-10/h5,7,10-11,16,20H,1-4,6,15H2. The molecule has 2 aromatic rings. The average Bonchev–Trinajstić information content (AvgIpc) is 2.86. The molecule has 3 heterocycles. The first-order chi connectivity index (χ1) is 10.5. The second-order valence-electron chi connectivity index (χ2n) is 5.77. The van der Waals surface area contributed by atoms with Gasteiger partial charge in [0.1, 0.15) is 4.83 Å². The topological polar surface area (TPSA) is 84.2 Å². The fourth-order valence-electron chi connectivity index (χ4n) is 2.84. The second kappa shape index (κ2) is 6.32. The number of carbonyl (C=O) groups is 1. The average molecular weight is 319 g/mol. The second-order valence-corrected chi connectivity index (χ2v) is 7.00. The van der Waals surface area contributed by atoms with Crippen LogP contribution in [0.25, 0.3) is 10.2 Å². The lowest BCUT2D eigenvalue weighted by Gasteiger charge is -2.28. The van der Waals surface area contributed by atoms with Crippen molar-refractivity contribution in [2.75, 3.05) is 6.54 Å². The number of nitrogens with one attached hydrogen (secondary N) is 1. The number of aliphatic hydroxyl groups is 1. The summed E-state index contributed by atoms with van der Waals surface area (Å²) in [5.41, 5.74) is -0.181. The largest absolute Gasteiger partial charge is 0.391 e. The minimum Gasteiger partial charge on any atom is -0.391 e. The van der Waals surface area contributed by atoms with Crippen molar-refractivity contribution in [3.05, 3.63) is 22.7 Å². The van der Waals surface area contributed by atoms with E-state index in [1.54, 1.807) is 0 Å². The van der Waals surface area contributed by atoms with E-state index in [0.717, 1.165) is 17.7 Å². The van der Waals surface area contributed by atoms with Gasteiger partial charge in [0.15, 0.2) is 13.6 Å². The minimum absolute atomic E-state index is 0.00156. The zero-order valence-corrected chi connectivity index (χ0v) is 13.2. The summed E-state index contributed by atoms with van der Waals surface area (Å²) in [5.74, 6) is -0.0753. The highest BCUT2D eigenvalue weighted by Gasteiger charge is 2.25. The minimum atomic E-state index is -0.491. The molecule has 2 N–H and O–H groups in total. The van der Waals surface area contributed by atoms with E-state index >= 15 is 0 Å². The molecule has 2 unspecified atom stereocenters. The monoisotopic (exact) mass is 319 g/mol. The molecule has 0 aromatic carbocycles. The molecule has 6 nitrogen and oxygen atoms in total. The van der Waals surface area contributed by atoms with Crippen LogP contribution in [-0.2, 0) is 11.3 Å². The predicted molar refractivity (Wildman–Crippen MR) is 88.7 cm³/mol. The lowest BCUT2D eigenvalue weighted by Crippen LogP contribution is -2.46. The molecular formula is C14H18BN3O3S. The molecule has 2 aromatic heterocycles. The molecule has 1 fully saturated rings. The Morgan fingerprint density at radius 3 is 3.18 bits per heavy atom. The Kier molecular flexibility index (Phi) is 4.42. The van der Waals surface area contributed by atoms with Gasteiger partial charge in [0.25, 0.3) is 5.56 Å². The highest BCUT2D eigenvalue weighted by Crippen LogP contribution is 2.13. The first-order valence-corrected chi connectivity index (χ1v) is 8.25. The van der Waals surface area contributed by atoms with E-state index in [1.165, 1.54) is 22.2 Å². The van der Waals surface area contributed by atoms with Crippen LogP contribution < -0.4 is 15.7 Å². The van der Waals surface area contributed by atoms with Crippen LogP contribution in [0.3, 0.4) is 0 Å². The summed E-state index contributed by atoms with van der Waals surface area (Å²) in [4.78, 5) is 29.5. The molecule has 0 aliphatic carbocycles. The molecule has 2 atom stereocenters. The van der Waals surface area contributed by atoms with Crippen LogP contribution in [0.15, 0.2) is 17.2 Å². The maximum absolute atomic E-state index is 12.3. The van der Waals surface area contributed by atoms with Crippen molar-refractivity contribution in [3.63, 3.8) is 0 Å². The smallest absolute Gasteiger partial charge is 0.262 e. The molecule has 22 heavy (non-hydrogen) atoms. The van der Waals surface area contributed by atoms with Crippen LogP contribution in [0.5, 0.6) is 0 Å². The van der Waals surface area contributed by atoms with Gasteiger partial charge in [-0.2, -0.15) is 0 Å². The molecular weight excluding hydrogens is 301 g/mol. The van der Waals surface area contributed by atoms with Crippen molar-refractivity contribution >= 4 is 40.0 Å². The molecule has 0 radical (unpaired) electrons. The maximum Gasteiger partial charge on any atom is 0.262 e. The molecule has 0 spiro atoms. The van der Waals surface area contributed by atoms with Gasteiger partial charge in [-0.15, -0.1) is 11.3 Å². The van der Waals surface area contributed by atoms with Crippen LogP contribution in [0.1, 0.15) is 19.3 Å². The summed E-state index contributed by atoms with van der Waals surface area (Å²) in [7, 11) is 1.93. The van der Waals surface area contributed by atoms with Gasteiger partial charge in [-0.1, -0.05) is 0 Å². The van der Waals surface area contributed by atoms with E-state index in [-0.39, 0.29) is 30.3 Å². The van der Waals surface area contributed by atoms with E-state index in [2.05, 4.69) is 10.3 Å². The number of Topliss-reactive ketones (excluding diaryl/α,β-unsaturated/α-hetero) is 1. The highest BCUT2D eigenvalue weighted by atomic mass is 32.1. The van der Waals surface area contributed by atoms with Crippen molar-refractivity contribution in [1.82, 2.24) is 14.9 Å². The van der Waals surface area contributed by atoms with Gasteiger partial charge in [0.05, 0.1) is 24.4 Å².